The lowest BCUT2D eigenvalue weighted by Crippen LogP contribution is -2.38. The van der Waals surface area contributed by atoms with E-state index < -0.39 is 0 Å². The third-order valence-corrected chi connectivity index (χ3v) is 4.32. The predicted octanol–water partition coefficient (Wildman–Crippen LogP) is 2.04. The molecule has 0 amide bonds. The van der Waals surface area contributed by atoms with E-state index in [0.717, 1.165) is 57.1 Å². The van der Waals surface area contributed by atoms with Crippen molar-refractivity contribution in [1.82, 2.24) is 35.2 Å². The predicted molar refractivity (Wildman–Crippen MR) is 111 cm³/mol. The molecular weight excluding hydrogens is 352 g/mol. The van der Waals surface area contributed by atoms with Crippen LogP contribution >= 0.6 is 0 Å². The number of hydrogen-bond acceptors (Lipinski definition) is 4. The average molecular weight is 381 g/mol. The maximum atomic E-state index is 4.65. The second kappa shape index (κ2) is 10.9. The van der Waals surface area contributed by atoms with E-state index in [4.69, 9.17) is 0 Å². The topological polar surface area (TPSA) is 85.0 Å². The van der Waals surface area contributed by atoms with Gasteiger partial charge < -0.3 is 15.2 Å². The molecular formula is C20H28N8. The van der Waals surface area contributed by atoms with Crippen molar-refractivity contribution in [3.8, 4) is 5.69 Å². The minimum absolute atomic E-state index is 0.802. The minimum atomic E-state index is 0.802. The third-order valence-electron chi connectivity index (χ3n) is 4.32. The van der Waals surface area contributed by atoms with Gasteiger partial charge in [0, 0.05) is 38.6 Å². The fourth-order valence-electron chi connectivity index (χ4n) is 2.84. The Labute approximate surface area is 165 Å². The van der Waals surface area contributed by atoms with Gasteiger partial charge in [0.1, 0.15) is 12.7 Å². The Morgan fingerprint density at radius 1 is 1.07 bits per heavy atom. The molecule has 0 radical (unpaired) electrons. The molecule has 148 valence electrons. The van der Waals surface area contributed by atoms with E-state index in [0.29, 0.717) is 0 Å². The summed E-state index contributed by atoms with van der Waals surface area (Å²) in [6.07, 6.45) is 10.3. The SMILES string of the molecule is CCNC(=NCCCCn1cnnc1)NCCc1ccc(-n2cccn2)cc1. The summed E-state index contributed by atoms with van der Waals surface area (Å²) in [5.41, 5.74) is 2.36. The summed E-state index contributed by atoms with van der Waals surface area (Å²) in [6.45, 7) is 5.51. The Morgan fingerprint density at radius 2 is 1.89 bits per heavy atom. The van der Waals surface area contributed by atoms with Crippen LogP contribution in [0.4, 0.5) is 0 Å². The molecule has 28 heavy (non-hydrogen) atoms. The fraction of sp³-hybridized carbons (Fsp3) is 0.400. The molecule has 0 bridgehead atoms. The smallest absolute Gasteiger partial charge is 0.191 e. The van der Waals surface area contributed by atoms with Gasteiger partial charge in [-0.1, -0.05) is 12.1 Å². The van der Waals surface area contributed by atoms with Gasteiger partial charge in [-0.05, 0) is 49.9 Å². The maximum Gasteiger partial charge on any atom is 0.191 e. The first-order chi connectivity index (χ1) is 13.8. The van der Waals surface area contributed by atoms with Crippen molar-refractivity contribution >= 4 is 5.96 Å². The van der Waals surface area contributed by atoms with Crippen LogP contribution in [-0.2, 0) is 13.0 Å². The quantitative estimate of drug-likeness (QED) is 0.319. The number of hydrogen-bond donors (Lipinski definition) is 2. The number of nitrogens with one attached hydrogen (secondary N) is 2. The number of guanidine groups is 1. The van der Waals surface area contributed by atoms with Gasteiger partial charge in [-0.2, -0.15) is 5.10 Å². The normalized spacial score (nSPS) is 11.5. The summed E-state index contributed by atoms with van der Waals surface area (Å²) in [5.74, 6) is 0.875. The number of aliphatic imine (C=N–C) groups is 1. The molecule has 3 aromatic rings. The van der Waals surface area contributed by atoms with Gasteiger partial charge in [-0.3, -0.25) is 4.99 Å². The van der Waals surface area contributed by atoms with Gasteiger partial charge in [0.2, 0.25) is 0 Å². The molecule has 0 atom stereocenters. The van der Waals surface area contributed by atoms with Crippen LogP contribution in [0, 0.1) is 0 Å². The molecule has 3 rings (SSSR count). The molecule has 0 aliphatic rings. The van der Waals surface area contributed by atoms with Crippen molar-refractivity contribution in [2.24, 2.45) is 4.99 Å². The highest BCUT2D eigenvalue weighted by Gasteiger charge is 2.00. The van der Waals surface area contributed by atoms with Crippen LogP contribution < -0.4 is 10.6 Å². The van der Waals surface area contributed by atoms with Crippen molar-refractivity contribution in [2.45, 2.75) is 32.7 Å². The molecule has 2 heterocycles. The Bertz CT molecular complexity index is 807. The van der Waals surface area contributed by atoms with Crippen molar-refractivity contribution in [3.05, 3.63) is 60.9 Å². The minimum Gasteiger partial charge on any atom is -0.357 e. The van der Waals surface area contributed by atoms with E-state index >= 15 is 0 Å². The summed E-state index contributed by atoms with van der Waals surface area (Å²) in [6, 6.07) is 10.4. The standard InChI is InChI=1S/C20H28N8/c1-2-21-20(22-11-3-4-14-27-16-24-25-17-27)23-13-10-18-6-8-19(9-7-18)28-15-5-12-26-28/h5-9,12,15-17H,2-4,10-11,13-14H2,1H3,(H2,21,22,23). The molecule has 0 spiro atoms. The van der Waals surface area contributed by atoms with Crippen molar-refractivity contribution in [3.63, 3.8) is 0 Å². The highest BCUT2D eigenvalue weighted by Crippen LogP contribution is 2.08. The van der Waals surface area contributed by atoms with Crippen LogP contribution in [0.1, 0.15) is 25.3 Å². The highest BCUT2D eigenvalue weighted by atomic mass is 15.3. The zero-order chi connectivity index (χ0) is 19.4. The Kier molecular flexibility index (Phi) is 7.60. The summed E-state index contributed by atoms with van der Waals surface area (Å²) < 4.78 is 3.85. The molecule has 0 aliphatic heterocycles. The van der Waals surface area contributed by atoms with E-state index in [1.807, 2.05) is 21.5 Å². The number of aromatic nitrogens is 5. The summed E-state index contributed by atoms with van der Waals surface area (Å²) in [4.78, 5) is 4.65. The Balaban J connectivity index is 1.38. The number of rotatable bonds is 10. The van der Waals surface area contributed by atoms with Gasteiger partial charge >= 0.3 is 0 Å². The van der Waals surface area contributed by atoms with Crippen LogP contribution in [0.2, 0.25) is 0 Å². The van der Waals surface area contributed by atoms with Gasteiger partial charge in [-0.25, -0.2) is 4.68 Å². The van der Waals surface area contributed by atoms with Crippen molar-refractivity contribution in [1.29, 1.82) is 0 Å². The van der Waals surface area contributed by atoms with E-state index in [1.165, 1.54) is 5.56 Å². The van der Waals surface area contributed by atoms with Gasteiger partial charge in [0.05, 0.1) is 5.69 Å². The van der Waals surface area contributed by atoms with Crippen molar-refractivity contribution < 1.29 is 0 Å². The van der Waals surface area contributed by atoms with Gasteiger partial charge in [-0.15, -0.1) is 10.2 Å². The van der Waals surface area contributed by atoms with Gasteiger partial charge in [0.15, 0.2) is 5.96 Å². The fourth-order valence-corrected chi connectivity index (χ4v) is 2.84. The molecule has 8 nitrogen and oxygen atoms in total. The van der Waals surface area contributed by atoms with Gasteiger partial charge in [0.25, 0.3) is 0 Å². The summed E-state index contributed by atoms with van der Waals surface area (Å²) in [7, 11) is 0. The van der Waals surface area contributed by atoms with Crippen LogP contribution in [0.5, 0.6) is 0 Å². The van der Waals surface area contributed by atoms with Crippen LogP contribution in [0.25, 0.3) is 5.69 Å². The largest absolute Gasteiger partial charge is 0.357 e. The number of unbranched alkanes of at least 4 members (excludes halogenated alkanes) is 1. The first kappa shape index (κ1) is 19.6. The monoisotopic (exact) mass is 380 g/mol. The molecule has 0 unspecified atom stereocenters. The maximum absolute atomic E-state index is 4.65. The molecule has 0 saturated carbocycles. The van der Waals surface area contributed by atoms with E-state index in [1.54, 1.807) is 18.9 Å². The zero-order valence-corrected chi connectivity index (χ0v) is 16.3. The Hall–Kier alpha value is -3.16. The number of benzene rings is 1. The average Bonchev–Trinajstić information content (AvgIpc) is 3.42. The van der Waals surface area contributed by atoms with Crippen LogP contribution in [-0.4, -0.2) is 50.1 Å². The van der Waals surface area contributed by atoms with Crippen LogP contribution in [0.3, 0.4) is 0 Å². The highest BCUT2D eigenvalue weighted by molar-refractivity contribution is 5.79. The summed E-state index contributed by atoms with van der Waals surface area (Å²) in [5, 5.41) is 18.6. The molecule has 2 aromatic heterocycles. The number of nitrogens with zero attached hydrogens (tertiary/aromatic N) is 6. The number of aryl methyl sites for hydroxylation is 1. The lowest BCUT2D eigenvalue weighted by Gasteiger charge is -2.11. The summed E-state index contributed by atoms with van der Waals surface area (Å²) >= 11 is 0. The molecule has 0 fully saturated rings. The Morgan fingerprint density at radius 3 is 2.61 bits per heavy atom. The zero-order valence-electron chi connectivity index (χ0n) is 16.3. The lowest BCUT2D eigenvalue weighted by atomic mass is 10.1. The molecule has 8 heteroatoms. The van der Waals surface area contributed by atoms with Crippen molar-refractivity contribution in [2.75, 3.05) is 19.6 Å². The first-order valence-corrected chi connectivity index (χ1v) is 9.78. The second-order valence-corrected chi connectivity index (χ2v) is 6.46. The molecule has 0 saturated heterocycles. The van der Waals surface area contributed by atoms with E-state index in [-0.39, 0.29) is 0 Å². The molecule has 2 N–H and O–H groups in total. The first-order valence-electron chi connectivity index (χ1n) is 9.78. The lowest BCUT2D eigenvalue weighted by molar-refractivity contribution is 0.611. The van der Waals surface area contributed by atoms with Crippen LogP contribution in [0.15, 0.2) is 60.4 Å². The third kappa shape index (κ3) is 6.22. The molecule has 0 aliphatic carbocycles. The second-order valence-electron chi connectivity index (χ2n) is 6.46. The van der Waals surface area contributed by atoms with E-state index in [2.05, 4.69) is 62.1 Å². The molecule has 1 aromatic carbocycles. The van der Waals surface area contributed by atoms with E-state index in [9.17, 15) is 0 Å².